The summed E-state index contributed by atoms with van der Waals surface area (Å²) >= 11 is 0. The Kier molecular flexibility index (Phi) is 10.8. The Morgan fingerprint density at radius 1 is 0.366 bits per heavy atom. The molecule has 0 spiro atoms. The Morgan fingerprint density at radius 3 is 1.34 bits per heavy atom. The Bertz CT molecular complexity index is 3830. The molecule has 0 amide bonds. The predicted octanol–water partition coefficient (Wildman–Crippen LogP) is 16.1. The van der Waals surface area contributed by atoms with Crippen LogP contribution in [0.4, 0.5) is 5.69 Å². The summed E-state index contributed by atoms with van der Waals surface area (Å²) in [4.78, 5) is 24.7. The predicted molar refractivity (Wildman–Crippen MR) is 286 cm³/mol. The molecule has 7 nitrogen and oxygen atoms in total. The highest BCUT2D eigenvalue weighted by Crippen LogP contribution is 2.42. The first-order valence-corrected chi connectivity index (χ1v) is 23.3. The molecule has 0 atom stereocenters. The van der Waals surface area contributed by atoms with Crippen molar-refractivity contribution in [3.05, 3.63) is 254 Å². The lowest BCUT2D eigenvalue weighted by Gasteiger charge is -2.17. The molecule has 0 saturated carbocycles. The molecule has 0 saturated heterocycles. The zero-order valence-electron chi connectivity index (χ0n) is 38.1. The zero-order chi connectivity index (χ0) is 47.7. The van der Waals surface area contributed by atoms with Crippen LogP contribution in [-0.2, 0) is 0 Å². The minimum Gasteiger partial charge on any atom is -0.309 e. The molecule has 12 aromatic rings. The van der Waals surface area contributed by atoms with Crippen LogP contribution in [-0.4, -0.2) is 24.5 Å². The van der Waals surface area contributed by atoms with Crippen molar-refractivity contribution < 1.29 is 0 Å². The van der Waals surface area contributed by atoms with Crippen molar-refractivity contribution in [1.29, 1.82) is 5.26 Å². The molecule has 0 radical (unpaired) electrons. The third kappa shape index (κ3) is 8.16. The molecule has 0 fully saturated rings. The quantitative estimate of drug-likeness (QED) is 0.135. The zero-order valence-corrected chi connectivity index (χ0v) is 38.1. The molecule has 0 bridgehead atoms. The average Bonchev–Trinajstić information content (AvgIpc) is 3.78. The largest absolute Gasteiger partial charge is 0.309 e. The third-order valence-electron chi connectivity index (χ3n) is 12.9. The average molecular weight is 906 g/mol. The fraction of sp³-hybridized carbons (Fsp3) is 0. The minimum atomic E-state index is 0.583. The number of fused-ring (bicyclic) bond motifs is 3. The van der Waals surface area contributed by atoms with Gasteiger partial charge in [-0.05, 0) is 89.0 Å². The van der Waals surface area contributed by atoms with Gasteiger partial charge in [-0.3, -0.25) is 0 Å². The second-order valence-electron chi connectivity index (χ2n) is 17.3. The minimum absolute atomic E-state index is 0.583. The first kappa shape index (κ1) is 42.3. The molecule has 0 aliphatic carbocycles. The Labute approximate surface area is 410 Å². The molecule has 7 heteroatoms. The van der Waals surface area contributed by atoms with Crippen molar-refractivity contribution in [3.63, 3.8) is 0 Å². The topological polar surface area (TPSA) is 84.6 Å². The number of aromatic nitrogens is 5. The van der Waals surface area contributed by atoms with Crippen molar-refractivity contribution in [2.24, 2.45) is 0 Å². The standard InChI is InChI=1S/C64H39N7/c1-66-52-27-15-26-48(35-52)50-29-32-61-54(37-50)53-36-49(47-25-14-16-42(34-47)41-65)28-31-60(53)71(61)62-33-30-51(58-39-56(43-17-6-2-7-18-43)67-63(69-58)45-21-10-4-11-22-45)38-55(62)59-40-57(44-19-8-3-9-20-44)68-64(70-59)46-23-12-5-13-24-46/h2-40H. The van der Waals surface area contributed by atoms with Crippen molar-refractivity contribution in [2.45, 2.75) is 0 Å². The van der Waals surface area contributed by atoms with Crippen LogP contribution in [0, 0.1) is 17.9 Å². The third-order valence-corrected chi connectivity index (χ3v) is 12.9. The van der Waals surface area contributed by atoms with Gasteiger partial charge in [0.2, 0.25) is 0 Å². The first-order valence-electron chi connectivity index (χ1n) is 23.3. The monoisotopic (exact) mass is 905 g/mol. The maximum absolute atomic E-state index is 9.85. The molecule has 0 unspecified atom stereocenters. The fourth-order valence-electron chi connectivity index (χ4n) is 9.39. The number of hydrogen-bond acceptors (Lipinski definition) is 5. The van der Waals surface area contributed by atoms with Crippen molar-refractivity contribution in [1.82, 2.24) is 24.5 Å². The molecule has 3 aromatic heterocycles. The van der Waals surface area contributed by atoms with E-state index in [0.717, 1.165) is 106 Å². The molecule has 330 valence electrons. The normalized spacial score (nSPS) is 11.1. The van der Waals surface area contributed by atoms with E-state index in [4.69, 9.17) is 26.5 Å². The second kappa shape index (κ2) is 18.2. The van der Waals surface area contributed by atoms with Gasteiger partial charge in [0.25, 0.3) is 0 Å². The summed E-state index contributed by atoms with van der Waals surface area (Å²) in [7, 11) is 0. The summed E-state index contributed by atoms with van der Waals surface area (Å²) in [5.41, 5.74) is 16.6. The van der Waals surface area contributed by atoms with Gasteiger partial charge in [0.1, 0.15) is 0 Å². The van der Waals surface area contributed by atoms with Crippen molar-refractivity contribution >= 4 is 27.5 Å². The smallest absolute Gasteiger partial charge is 0.187 e. The summed E-state index contributed by atoms with van der Waals surface area (Å²) in [5, 5.41) is 11.9. The van der Waals surface area contributed by atoms with Gasteiger partial charge in [0.05, 0.1) is 57.7 Å². The summed E-state index contributed by atoms with van der Waals surface area (Å²) < 4.78 is 2.33. The molecule has 0 N–H and O–H groups in total. The van der Waals surface area contributed by atoms with Crippen molar-refractivity contribution in [2.75, 3.05) is 0 Å². The second-order valence-corrected chi connectivity index (χ2v) is 17.3. The number of nitrogens with zero attached hydrogens (tertiary/aromatic N) is 7. The number of hydrogen-bond donors (Lipinski definition) is 0. The van der Waals surface area contributed by atoms with Gasteiger partial charge in [-0.2, -0.15) is 5.26 Å². The molecule has 0 aliphatic heterocycles. The molecule has 9 aromatic carbocycles. The number of nitriles is 1. The van der Waals surface area contributed by atoms with Crippen LogP contribution in [0.2, 0.25) is 0 Å². The van der Waals surface area contributed by atoms with Gasteiger partial charge in [-0.15, -0.1) is 0 Å². The highest BCUT2D eigenvalue weighted by Gasteiger charge is 2.22. The van der Waals surface area contributed by atoms with E-state index in [1.807, 2.05) is 146 Å². The molecule has 71 heavy (non-hydrogen) atoms. The van der Waals surface area contributed by atoms with Gasteiger partial charge in [0, 0.05) is 44.2 Å². The summed E-state index contributed by atoms with van der Waals surface area (Å²) in [6.45, 7) is 7.75. The fourth-order valence-corrected chi connectivity index (χ4v) is 9.39. The van der Waals surface area contributed by atoms with Gasteiger partial charge >= 0.3 is 0 Å². The van der Waals surface area contributed by atoms with Gasteiger partial charge in [0.15, 0.2) is 17.3 Å². The van der Waals surface area contributed by atoms with Crippen LogP contribution in [0.3, 0.4) is 0 Å². The van der Waals surface area contributed by atoms with Crippen LogP contribution in [0.25, 0.3) is 122 Å². The highest BCUT2D eigenvalue weighted by atomic mass is 15.0. The van der Waals surface area contributed by atoms with Crippen LogP contribution < -0.4 is 0 Å². The highest BCUT2D eigenvalue weighted by molar-refractivity contribution is 6.12. The van der Waals surface area contributed by atoms with E-state index < -0.39 is 0 Å². The van der Waals surface area contributed by atoms with E-state index >= 15 is 0 Å². The van der Waals surface area contributed by atoms with Crippen LogP contribution in [0.15, 0.2) is 237 Å². The lowest BCUT2D eigenvalue weighted by atomic mass is 9.99. The van der Waals surface area contributed by atoms with Crippen LogP contribution >= 0.6 is 0 Å². The van der Waals surface area contributed by atoms with E-state index in [0.29, 0.717) is 22.9 Å². The van der Waals surface area contributed by atoms with E-state index in [-0.39, 0.29) is 0 Å². The van der Waals surface area contributed by atoms with Gasteiger partial charge < -0.3 is 4.57 Å². The lowest BCUT2D eigenvalue weighted by molar-refractivity contribution is 1.15. The molecule has 12 rings (SSSR count). The lowest BCUT2D eigenvalue weighted by Crippen LogP contribution is -2.02. The Hall–Kier alpha value is -10.1. The first-order chi connectivity index (χ1) is 35.1. The summed E-state index contributed by atoms with van der Waals surface area (Å²) in [6, 6.07) is 82.2. The Morgan fingerprint density at radius 2 is 0.803 bits per heavy atom. The van der Waals surface area contributed by atoms with Gasteiger partial charge in [-0.1, -0.05) is 170 Å². The van der Waals surface area contributed by atoms with E-state index in [1.54, 1.807) is 0 Å². The van der Waals surface area contributed by atoms with Crippen molar-refractivity contribution in [3.8, 4) is 102 Å². The van der Waals surface area contributed by atoms with E-state index in [9.17, 15) is 5.26 Å². The van der Waals surface area contributed by atoms with Crippen LogP contribution in [0.1, 0.15) is 5.56 Å². The van der Waals surface area contributed by atoms with E-state index in [1.165, 1.54) is 0 Å². The number of benzene rings is 9. The number of rotatable bonds is 9. The molecule has 3 heterocycles. The maximum atomic E-state index is 9.85. The summed E-state index contributed by atoms with van der Waals surface area (Å²) in [5.74, 6) is 1.24. The summed E-state index contributed by atoms with van der Waals surface area (Å²) in [6.07, 6.45) is 0. The molecular formula is C64H39N7. The molecule has 0 aliphatic rings. The van der Waals surface area contributed by atoms with Crippen LogP contribution in [0.5, 0.6) is 0 Å². The maximum Gasteiger partial charge on any atom is 0.187 e. The van der Waals surface area contributed by atoms with Gasteiger partial charge in [-0.25, -0.2) is 24.8 Å². The molecular weight excluding hydrogens is 867 g/mol. The Balaban J connectivity index is 1.15. The SMILES string of the molecule is [C-]#[N+]c1cccc(-c2ccc3c(c2)c2cc(-c4cccc(C#N)c4)ccc2n3-c2ccc(-c3cc(-c4ccccc4)nc(-c4ccccc4)n3)cc2-c2cc(-c3ccccc3)nc(-c3ccccc3)n2)c1. The van der Waals surface area contributed by atoms with E-state index in [2.05, 4.69) is 106 Å².